The zero-order chi connectivity index (χ0) is 22.9. The summed E-state index contributed by atoms with van der Waals surface area (Å²) < 4.78 is 32.8. The maximum atomic E-state index is 13.2. The van der Waals surface area contributed by atoms with Crippen molar-refractivity contribution in [2.45, 2.75) is 30.9 Å². The molecule has 1 saturated heterocycles. The number of sulfonamides is 1. The summed E-state index contributed by atoms with van der Waals surface area (Å²) in [7, 11) is -3.75. The third-order valence-corrected chi connectivity index (χ3v) is 8.55. The standard InChI is InChI=1S/C21H22N4O5S2/c1-13(26)15-5-7-18(8-6-15)23-21(27)16-4-3-9-25(11-16)32(28,29)19-10-17(12-31-19)20-22-14(2)30-24-20/h5-8,10,12,16H,3-4,9,11H2,1-2H3,(H,23,27). The molecule has 9 nitrogen and oxygen atoms in total. The Hall–Kier alpha value is -2.89. The van der Waals surface area contributed by atoms with Crippen LogP contribution in [0.25, 0.3) is 11.4 Å². The number of rotatable bonds is 6. The Kier molecular flexibility index (Phi) is 6.22. The van der Waals surface area contributed by atoms with Crippen LogP contribution in [-0.4, -0.2) is 47.6 Å². The van der Waals surface area contributed by atoms with E-state index in [-0.39, 0.29) is 22.4 Å². The number of aromatic nitrogens is 2. The lowest BCUT2D eigenvalue weighted by atomic mass is 9.98. The maximum Gasteiger partial charge on any atom is 0.252 e. The molecular weight excluding hydrogens is 452 g/mol. The van der Waals surface area contributed by atoms with Crippen molar-refractivity contribution in [2.75, 3.05) is 18.4 Å². The number of aryl methyl sites for hydroxylation is 1. The van der Waals surface area contributed by atoms with Gasteiger partial charge in [0.25, 0.3) is 10.0 Å². The zero-order valence-electron chi connectivity index (χ0n) is 17.6. The number of hydrogen-bond donors (Lipinski definition) is 1. The molecule has 0 aliphatic carbocycles. The number of hydrogen-bond acceptors (Lipinski definition) is 8. The Morgan fingerprint density at radius 3 is 2.66 bits per heavy atom. The van der Waals surface area contributed by atoms with E-state index in [4.69, 9.17) is 4.52 Å². The Bertz CT molecular complexity index is 1250. The van der Waals surface area contributed by atoms with Gasteiger partial charge in [0.2, 0.25) is 17.6 Å². The molecule has 1 aliphatic heterocycles. The lowest BCUT2D eigenvalue weighted by Crippen LogP contribution is -2.43. The first-order valence-corrected chi connectivity index (χ1v) is 12.4. The number of carbonyl (C=O) groups excluding carboxylic acids is 2. The van der Waals surface area contributed by atoms with E-state index in [0.717, 1.165) is 11.3 Å². The van der Waals surface area contributed by atoms with Gasteiger partial charge in [-0.3, -0.25) is 9.59 Å². The van der Waals surface area contributed by atoms with Crippen molar-refractivity contribution in [3.63, 3.8) is 0 Å². The first-order valence-electron chi connectivity index (χ1n) is 10.1. The van der Waals surface area contributed by atoms with Gasteiger partial charge in [-0.25, -0.2) is 8.42 Å². The maximum absolute atomic E-state index is 13.2. The third-order valence-electron chi connectivity index (χ3n) is 5.27. The molecule has 11 heteroatoms. The van der Waals surface area contributed by atoms with Crippen LogP contribution < -0.4 is 5.32 Å². The minimum absolute atomic E-state index is 0.0535. The number of thiophene rings is 1. The number of piperidine rings is 1. The average molecular weight is 475 g/mol. The number of nitrogens with zero attached hydrogens (tertiary/aromatic N) is 3. The molecule has 1 aromatic carbocycles. The smallest absolute Gasteiger partial charge is 0.252 e. The SMILES string of the molecule is CC(=O)c1ccc(NC(=O)C2CCCN(S(=O)(=O)c3cc(-c4noc(C)n4)cs3)C2)cc1. The van der Waals surface area contributed by atoms with Crippen LogP contribution in [0.4, 0.5) is 5.69 Å². The van der Waals surface area contributed by atoms with Gasteiger partial charge in [0.15, 0.2) is 5.78 Å². The molecule has 0 saturated carbocycles. The number of carbonyl (C=O) groups is 2. The van der Waals surface area contributed by atoms with Crippen LogP contribution in [0.2, 0.25) is 0 Å². The highest BCUT2D eigenvalue weighted by molar-refractivity contribution is 7.91. The minimum Gasteiger partial charge on any atom is -0.339 e. The predicted octanol–water partition coefficient (Wildman–Crippen LogP) is 3.35. The van der Waals surface area contributed by atoms with Gasteiger partial charge in [-0.1, -0.05) is 5.16 Å². The van der Waals surface area contributed by atoms with Crippen molar-refractivity contribution in [3.8, 4) is 11.4 Å². The predicted molar refractivity (Wildman–Crippen MR) is 119 cm³/mol. The van der Waals surface area contributed by atoms with Crippen molar-refractivity contribution in [2.24, 2.45) is 5.92 Å². The number of nitrogens with one attached hydrogen (secondary N) is 1. The number of Topliss-reactive ketones (excluding diaryl/α,β-unsaturated/α-hetero) is 1. The zero-order valence-corrected chi connectivity index (χ0v) is 19.2. The second kappa shape index (κ2) is 8.93. The van der Waals surface area contributed by atoms with Crippen LogP contribution in [0.5, 0.6) is 0 Å². The lowest BCUT2D eigenvalue weighted by molar-refractivity contribution is -0.120. The van der Waals surface area contributed by atoms with Crippen LogP contribution in [0, 0.1) is 12.8 Å². The summed E-state index contributed by atoms with van der Waals surface area (Å²) in [6.07, 6.45) is 1.18. The molecule has 3 aromatic rings. The van der Waals surface area contributed by atoms with Crippen LogP contribution in [0.1, 0.15) is 36.0 Å². The molecule has 0 spiro atoms. The molecule has 1 unspecified atom stereocenters. The first-order chi connectivity index (χ1) is 15.2. The van der Waals surface area contributed by atoms with Gasteiger partial charge in [0.1, 0.15) is 4.21 Å². The molecule has 1 amide bonds. The van der Waals surface area contributed by atoms with Crippen LogP contribution in [-0.2, 0) is 14.8 Å². The van der Waals surface area contributed by atoms with Crippen molar-refractivity contribution in [1.29, 1.82) is 0 Å². The van der Waals surface area contributed by atoms with Crippen LogP contribution >= 0.6 is 11.3 Å². The molecule has 2 aromatic heterocycles. The fraction of sp³-hybridized carbons (Fsp3) is 0.333. The molecule has 3 heterocycles. The average Bonchev–Trinajstić information content (AvgIpc) is 3.44. The highest BCUT2D eigenvalue weighted by Crippen LogP contribution is 2.31. The highest BCUT2D eigenvalue weighted by Gasteiger charge is 2.34. The molecule has 0 bridgehead atoms. The van der Waals surface area contributed by atoms with Gasteiger partial charge in [0.05, 0.1) is 5.92 Å². The minimum atomic E-state index is -3.75. The number of anilines is 1. The fourth-order valence-electron chi connectivity index (χ4n) is 3.52. The van der Waals surface area contributed by atoms with E-state index in [9.17, 15) is 18.0 Å². The van der Waals surface area contributed by atoms with E-state index in [2.05, 4.69) is 15.5 Å². The van der Waals surface area contributed by atoms with Crippen molar-refractivity contribution >= 4 is 38.7 Å². The normalized spacial score (nSPS) is 17.2. The van der Waals surface area contributed by atoms with E-state index in [0.29, 0.717) is 47.9 Å². The summed E-state index contributed by atoms with van der Waals surface area (Å²) in [4.78, 5) is 28.3. The van der Waals surface area contributed by atoms with Gasteiger partial charge in [0, 0.05) is 42.2 Å². The topological polar surface area (TPSA) is 122 Å². The first kappa shape index (κ1) is 22.3. The quantitative estimate of drug-likeness (QED) is 0.544. The van der Waals surface area contributed by atoms with Crippen LogP contribution in [0.3, 0.4) is 0 Å². The monoisotopic (exact) mass is 474 g/mol. The summed E-state index contributed by atoms with van der Waals surface area (Å²) in [5.74, 6) is -0.0227. The Balaban J connectivity index is 1.45. The number of amides is 1. The summed E-state index contributed by atoms with van der Waals surface area (Å²) >= 11 is 1.09. The van der Waals surface area contributed by atoms with Crippen molar-refractivity contribution in [3.05, 3.63) is 47.2 Å². The fourth-order valence-corrected chi connectivity index (χ4v) is 6.35. The van der Waals surface area contributed by atoms with Gasteiger partial charge >= 0.3 is 0 Å². The van der Waals surface area contributed by atoms with E-state index in [1.807, 2.05) is 0 Å². The summed E-state index contributed by atoms with van der Waals surface area (Å²) in [6, 6.07) is 8.16. The van der Waals surface area contributed by atoms with Gasteiger partial charge < -0.3 is 9.84 Å². The van der Waals surface area contributed by atoms with Gasteiger partial charge in [-0.05, 0) is 50.1 Å². The summed E-state index contributed by atoms with van der Waals surface area (Å²) in [6.45, 7) is 3.60. The number of ketones is 1. The van der Waals surface area contributed by atoms with E-state index in [1.54, 1.807) is 36.6 Å². The molecule has 1 N–H and O–H groups in total. The molecule has 1 atom stereocenters. The van der Waals surface area contributed by atoms with E-state index >= 15 is 0 Å². The summed E-state index contributed by atoms with van der Waals surface area (Å²) in [5, 5.41) is 8.32. The number of benzene rings is 1. The van der Waals surface area contributed by atoms with Gasteiger partial charge in [-0.15, -0.1) is 11.3 Å². The Morgan fingerprint density at radius 2 is 2.00 bits per heavy atom. The second-order valence-electron chi connectivity index (χ2n) is 7.62. The van der Waals surface area contributed by atoms with Crippen molar-refractivity contribution < 1.29 is 22.5 Å². The molecule has 1 aliphatic rings. The molecule has 32 heavy (non-hydrogen) atoms. The van der Waals surface area contributed by atoms with E-state index in [1.165, 1.54) is 17.3 Å². The van der Waals surface area contributed by atoms with Crippen LogP contribution in [0.15, 0.2) is 44.4 Å². The summed E-state index contributed by atoms with van der Waals surface area (Å²) in [5.41, 5.74) is 1.70. The molecule has 0 radical (unpaired) electrons. The molecular formula is C21H22N4O5S2. The Labute approximate surface area is 189 Å². The van der Waals surface area contributed by atoms with E-state index < -0.39 is 15.9 Å². The van der Waals surface area contributed by atoms with Gasteiger partial charge in [-0.2, -0.15) is 9.29 Å². The highest BCUT2D eigenvalue weighted by atomic mass is 32.2. The largest absolute Gasteiger partial charge is 0.339 e. The van der Waals surface area contributed by atoms with Crippen molar-refractivity contribution in [1.82, 2.24) is 14.4 Å². The lowest BCUT2D eigenvalue weighted by Gasteiger charge is -2.30. The second-order valence-corrected chi connectivity index (χ2v) is 10.7. The molecule has 1 fully saturated rings. The molecule has 4 rings (SSSR count). The Morgan fingerprint density at radius 1 is 1.25 bits per heavy atom. The third kappa shape index (κ3) is 4.64. The molecule has 168 valence electrons.